The molecule has 0 fully saturated rings. The van der Waals surface area contributed by atoms with Crippen molar-refractivity contribution in [2.45, 2.75) is 12.5 Å². The van der Waals surface area contributed by atoms with E-state index in [1.165, 1.54) is 27.5 Å². The molecule has 176 valence electrons. The van der Waals surface area contributed by atoms with E-state index in [-0.39, 0.29) is 6.04 Å². The van der Waals surface area contributed by atoms with Gasteiger partial charge in [0.2, 0.25) is 0 Å². The summed E-state index contributed by atoms with van der Waals surface area (Å²) in [7, 11) is 0. The summed E-state index contributed by atoms with van der Waals surface area (Å²) >= 11 is 4.32. The molecular weight excluding hydrogens is 454 g/mol. The van der Waals surface area contributed by atoms with Gasteiger partial charge in [0.05, 0.1) is 0 Å². The minimum atomic E-state index is -0.00523. The molecule has 5 rings (SSSR count). The third-order valence-electron chi connectivity index (χ3n) is 6.70. The second-order valence-corrected chi connectivity index (χ2v) is 9.34. The van der Waals surface area contributed by atoms with Gasteiger partial charge in [0.15, 0.2) is 0 Å². The molecule has 1 nitrogen and oxygen atoms in total. The van der Waals surface area contributed by atoms with Crippen LogP contribution >= 0.6 is 12.6 Å². The molecule has 0 unspecified atom stereocenters. The van der Waals surface area contributed by atoms with Gasteiger partial charge in [-0.25, -0.2) is 0 Å². The van der Waals surface area contributed by atoms with Crippen LogP contribution in [-0.4, -0.2) is 0 Å². The van der Waals surface area contributed by atoms with Crippen LogP contribution in [0.3, 0.4) is 0 Å². The van der Waals surface area contributed by atoms with Gasteiger partial charge in [0.25, 0.3) is 0 Å². The molecule has 0 radical (unpaired) electrons. The first kappa shape index (κ1) is 23.9. The fourth-order valence-corrected chi connectivity index (χ4v) is 4.93. The summed E-state index contributed by atoms with van der Waals surface area (Å²) in [6.45, 7) is 4.45. The van der Waals surface area contributed by atoms with Crippen LogP contribution in [-0.2, 0) is 6.42 Å². The lowest BCUT2D eigenvalue weighted by atomic mass is 9.89. The maximum atomic E-state index is 6.44. The maximum absolute atomic E-state index is 6.44. The smallest absolute Gasteiger partial charge is 0.0335 e. The average Bonchev–Trinajstić information content (AvgIpc) is 2.94. The van der Waals surface area contributed by atoms with Crippen molar-refractivity contribution >= 4 is 35.1 Å². The van der Waals surface area contributed by atoms with Gasteiger partial charge in [0, 0.05) is 6.04 Å². The third kappa shape index (κ3) is 5.06. The quantitative estimate of drug-likeness (QED) is 0.222. The number of nitrogens with two attached hydrogens (primary N) is 1. The van der Waals surface area contributed by atoms with Gasteiger partial charge in [-0.15, -0.1) is 0 Å². The molecule has 2 heteroatoms. The van der Waals surface area contributed by atoms with E-state index in [0.717, 1.165) is 34.2 Å². The summed E-state index contributed by atoms with van der Waals surface area (Å²) in [6, 6.07) is 40.4. The molecular formula is C34H29NS. The molecule has 36 heavy (non-hydrogen) atoms. The van der Waals surface area contributed by atoms with E-state index in [2.05, 4.69) is 98.1 Å². The van der Waals surface area contributed by atoms with E-state index in [9.17, 15) is 0 Å². The van der Waals surface area contributed by atoms with Gasteiger partial charge in [0.1, 0.15) is 0 Å². The molecule has 0 aromatic heterocycles. The number of thiol groups is 1. The van der Waals surface area contributed by atoms with Crippen LogP contribution in [0, 0.1) is 0 Å². The van der Waals surface area contributed by atoms with Crippen molar-refractivity contribution in [1.29, 1.82) is 0 Å². The number of hydrogen-bond donors (Lipinski definition) is 2. The van der Waals surface area contributed by atoms with Gasteiger partial charge in [-0.3, -0.25) is 0 Å². The number of benzene rings is 5. The molecule has 1 atom stereocenters. The van der Waals surface area contributed by atoms with Crippen LogP contribution in [0.5, 0.6) is 0 Å². The first-order valence-electron chi connectivity index (χ1n) is 12.2. The van der Waals surface area contributed by atoms with Gasteiger partial charge < -0.3 is 5.73 Å². The molecule has 0 heterocycles. The largest absolute Gasteiger partial charge is 0.324 e. The van der Waals surface area contributed by atoms with Crippen molar-refractivity contribution in [3.8, 4) is 11.1 Å². The topological polar surface area (TPSA) is 26.0 Å². The number of rotatable bonds is 7. The molecule has 0 aliphatic heterocycles. The minimum absolute atomic E-state index is 0.00523. The second-order valence-electron chi connectivity index (χ2n) is 9.04. The monoisotopic (exact) mass is 483 g/mol. The first-order valence-corrected chi connectivity index (χ1v) is 12.7. The van der Waals surface area contributed by atoms with Crippen molar-refractivity contribution in [2.75, 3.05) is 0 Å². The van der Waals surface area contributed by atoms with Crippen molar-refractivity contribution in [3.05, 3.63) is 155 Å². The lowest BCUT2D eigenvalue weighted by Crippen LogP contribution is -2.13. The summed E-state index contributed by atoms with van der Waals surface area (Å²) in [6.07, 6.45) is 2.84. The fraction of sp³-hybridized carbons (Fsp3) is 0.0588. The van der Waals surface area contributed by atoms with Crippen molar-refractivity contribution in [2.24, 2.45) is 5.73 Å². The van der Waals surface area contributed by atoms with Crippen molar-refractivity contribution in [1.82, 2.24) is 0 Å². The van der Waals surface area contributed by atoms with Crippen molar-refractivity contribution in [3.63, 3.8) is 0 Å². The number of fused-ring (bicyclic) bond motifs is 1. The number of hydrogen-bond acceptors (Lipinski definition) is 2. The van der Waals surface area contributed by atoms with Crippen LogP contribution in [0.1, 0.15) is 33.9 Å². The van der Waals surface area contributed by atoms with Gasteiger partial charge in [-0.1, -0.05) is 116 Å². The summed E-state index contributed by atoms with van der Waals surface area (Å²) in [5.74, 6) is 0. The average molecular weight is 484 g/mol. The highest BCUT2D eigenvalue weighted by Crippen LogP contribution is 2.35. The zero-order chi connectivity index (χ0) is 24.9. The zero-order valence-electron chi connectivity index (χ0n) is 20.1. The predicted molar refractivity (Wildman–Crippen MR) is 159 cm³/mol. The lowest BCUT2D eigenvalue weighted by molar-refractivity contribution is 0.722. The maximum Gasteiger partial charge on any atom is 0.0335 e. The van der Waals surface area contributed by atoms with Crippen LogP contribution in [0.25, 0.3) is 33.5 Å². The Kier molecular flexibility index (Phi) is 7.18. The third-order valence-corrected chi connectivity index (χ3v) is 6.85. The molecule has 5 aromatic rings. The van der Waals surface area contributed by atoms with E-state index in [1.807, 2.05) is 42.5 Å². The molecule has 0 saturated heterocycles. The van der Waals surface area contributed by atoms with E-state index in [4.69, 9.17) is 5.73 Å². The van der Waals surface area contributed by atoms with E-state index in [0.29, 0.717) is 0 Å². The highest BCUT2D eigenvalue weighted by atomic mass is 32.1. The summed E-state index contributed by atoms with van der Waals surface area (Å²) < 4.78 is 0. The Morgan fingerprint density at radius 1 is 0.778 bits per heavy atom. The van der Waals surface area contributed by atoms with Crippen LogP contribution in [0.15, 0.2) is 127 Å². The Hall–Kier alpha value is -3.85. The second kappa shape index (κ2) is 10.8. The van der Waals surface area contributed by atoms with E-state index >= 15 is 0 Å². The molecule has 0 aliphatic rings. The molecule has 0 aliphatic carbocycles. The minimum Gasteiger partial charge on any atom is -0.324 e. The SMILES string of the molecule is C=C(c1ccccc1)c1c(/C=C\S)ccc2cc(-c3ccc(C[C@H](N)c4ccccc4)cc3)ccc12. The standard InChI is InChI=1S/C34H29NS/c1-24(26-8-4-2-5-9-26)34-29(20-21-36)16-17-31-23-30(18-19-32(31)34)27-14-12-25(13-15-27)22-33(35)28-10-6-3-7-11-28/h2-21,23,33,36H,1,22,35H2/b21-20-/t33-/m0/s1. The molecule has 0 spiro atoms. The summed E-state index contributed by atoms with van der Waals surface area (Å²) in [5, 5.41) is 4.15. The van der Waals surface area contributed by atoms with Crippen LogP contribution in [0.2, 0.25) is 0 Å². The lowest BCUT2D eigenvalue weighted by Gasteiger charge is -2.15. The van der Waals surface area contributed by atoms with Crippen molar-refractivity contribution < 1.29 is 0 Å². The van der Waals surface area contributed by atoms with Crippen LogP contribution in [0.4, 0.5) is 0 Å². The Morgan fingerprint density at radius 3 is 2.14 bits per heavy atom. The van der Waals surface area contributed by atoms with Gasteiger partial charge in [-0.05, 0) is 79.3 Å². The van der Waals surface area contributed by atoms with Gasteiger partial charge >= 0.3 is 0 Å². The first-order chi connectivity index (χ1) is 17.6. The molecule has 0 bridgehead atoms. The predicted octanol–water partition coefficient (Wildman–Crippen LogP) is 8.71. The van der Waals surface area contributed by atoms with Crippen LogP contribution < -0.4 is 5.73 Å². The summed E-state index contributed by atoms with van der Waals surface area (Å²) in [5.41, 5.74) is 15.6. The fourth-order valence-electron chi connectivity index (χ4n) is 4.77. The molecule has 0 amide bonds. The normalized spacial score (nSPS) is 12.2. The summed E-state index contributed by atoms with van der Waals surface area (Å²) in [4.78, 5) is 0. The van der Waals surface area contributed by atoms with E-state index < -0.39 is 0 Å². The molecule has 2 N–H and O–H groups in total. The Bertz CT molecular complexity index is 1520. The Labute approximate surface area is 219 Å². The Morgan fingerprint density at radius 2 is 1.44 bits per heavy atom. The highest BCUT2D eigenvalue weighted by molar-refractivity contribution is 7.83. The Balaban J connectivity index is 1.46. The molecule has 5 aromatic carbocycles. The van der Waals surface area contributed by atoms with E-state index in [1.54, 1.807) is 5.41 Å². The molecule has 0 saturated carbocycles. The highest BCUT2D eigenvalue weighted by Gasteiger charge is 2.13. The van der Waals surface area contributed by atoms with Gasteiger partial charge in [-0.2, -0.15) is 12.6 Å². The zero-order valence-corrected chi connectivity index (χ0v) is 21.0.